The van der Waals surface area contributed by atoms with Gasteiger partial charge >= 0.3 is 12.0 Å². The molecule has 8 heteroatoms. The van der Waals surface area contributed by atoms with Gasteiger partial charge in [-0.1, -0.05) is 0 Å². The molecule has 108 valence electrons. The van der Waals surface area contributed by atoms with Crippen LogP contribution in [0.3, 0.4) is 0 Å². The van der Waals surface area contributed by atoms with E-state index in [4.69, 9.17) is 10.2 Å². The summed E-state index contributed by atoms with van der Waals surface area (Å²) in [4.78, 5) is 36.9. The number of carbonyl (C=O) groups is 3. The Morgan fingerprint density at radius 2 is 1.89 bits per heavy atom. The Balaban J connectivity index is 2.43. The number of aliphatic hydroxyl groups is 1. The van der Waals surface area contributed by atoms with Crippen molar-refractivity contribution in [2.24, 2.45) is 0 Å². The average molecular weight is 273 g/mol. The molecule has 0 spiro atoms. The van der Waals surface area contributed by atoms with Crippen LogP contribution in [0.5, 0.6) is 0 Å². The monoisotopic (exact) mass is 273 g/mol. The first-order chi connectivity index (χ1) is 8.95. The number of likely N-dealkylation sites (N-methyl/N-ethyl adjacent to an activating group) is 1. The fourth-order valence-electron chi connectivity index (χ4n) is 1.79. The summed E-state index contributed by atoms with van der Waals surface area (Å²) < 4.78 is 0. The van der Waals surface area contributed by atoms with E-state index in [1.807, 2.05) is 0 Å². The number of carbonyl (C=O) groups excluding carboxylic acids is 2. The number of rotatable bonds is 5. The van der Waals surface area contributed by atoms with Crippen LogP contribution in [0.25, 0.3) is 0 Å². The van der Waals surface area contributed by atoms with Crippen molar-refractivity contribution >= 4 is 17.9 Å². The quantitative estimate of drug-likeness (QED) is 0.576. The third-order valence-corrected chi connectivity index (χ3v) is 2.96. The van der Waals surface area contributed by atoms with Crippen molar-refractivity contribution < 1.29 is 24.6 Å². The lowest BCUT2D eigenvalue weighted by molar-refractivity contribution is -0.140. The third-order valence-electron chi connectivity index (χ3n) is 2.96. The molecule has 0 aromatic heterocycles. The Bertz CT molecular complexity index is 354. The van der Waals surface area contributed by atoms with E-state index in [-0.39, 0.29) is 12.5 Å². The number of carboxylic acid groups (broad SMARTS) is 1. The topological polar surface area (TPSA) is 110 Å². The molecule has 19 heavy (non-hydrogen) atoms. The minimum atomic E-state index is -1.36. The van der Waals surface area contributed by atoms with Crippen LogP contribution in [0, 0.1) is 0 Å². The van der Waals surface area contributed by atoms with E-state index in [0.29, 0.717) is 13.1 Å². The summed E-state index contributed by atoms with van der Waals surface area (Å²) in [5.41, 5.74) is 0. The first-order valence-corrected chi connectivity index (χ1v) is 6.08. The molecule has 0 aliphatic carbocycles. The number of hydrogen-bond acceptors (Lipinski definition) is 4. The lowest BCUT2D eigenvalue weighted by Crippen LogP contribution is -2.50. The lowest BCUT2D eigenvalue weighted by atomic mass is 10.3. The van der Waals surface area contributed by atoms with Crippen molar-refractivity contribution in [3.8, 4) is 0 Å². The Hall–Kier alpha value is -1.83. The van der Waals surface area contributed by atoms with Crippen LogP contribution in [0.15, 0.2) is 0 Å². The standard InChI is InChI=1S/C11H19N3O5/c1-13(6-9(16)14-4-2-3-5-14)11(19)12-8(7-15)10(17)18/h8,15H,2-7H2,1H3,(H,12,19)(H,17,18). The largest absolute Gasteiger partial charge is 0.480 e. The van der Waals surface area contributed by atoms with Gasteiger partial charge in [-0.2, -0.15) is 0 Å². The minimum absolute atomic E-state index is 0.108. The van der Waals surface area contributed by atoms with Crippen LogP contribution in [0.4, 0.5) is 4.79 Å². The molecule has 1 atom stereocenters. The van der Waals surface area contributed by atoms with Crippen LogP contribution in [-0.2, 0) is 9.59 Å². The first kappa shape index (κ1) is 15.2. The number of nitrogens with zero attached hydrogens (tertiary/aromatic N) is 2. The molecule has 3 N–H and O–H groups in total. The van der Waals surface area contributed by atoms with Crippen molar-refractivity contribution in [3.05, 3.63) is 0 Å². The molecule has 1 unspecified atom stereocenters. The zero-order chi connectivity index (χ0) is 14.4. The number of likely N-dealkylation sites (tertiary alicyclic amines) is 1. The van der Waals surface area contributed by atoms with Gasteiger partial charge in [0.2, 0.25) is 5.91 Å². The molecule has 1 aliphatic rings. The highest BCUT2D eigenvalue weighted by molar-refractivity contribution is 5.86. The summed E-state index contributed by atoms with van der Waals surface area (Å²) in [7, 11) is 1.40. The second-order valence-electron chi connectivity index (χ2n) is 4.47. The molecule has 8 nitrogen and oxygen atoms in total. The molecular weight excluding hydrogens is 254 g/mol. The van der Waals surface area contributed by atoms with E-state index in [1.54, 1.807) is 4.90 Å². The summed E-state index contributed by atoms with van der Waals surface area (Å²) in [5, 5.41) is 19.6. The van der Waals surface area contributed by atoms with Crippen molar-refractivity contribution in [2.75, 3.05) is 33.3 Å². The second-order valence-corrected chi connectivity index (χ2v) is 4.47. The summed E-state index contributed by atoms with van der Waals surface area (Å²) in [6.07, 6.45) is 1.93. The molecule has 1 heterocycles. The number of urea groups is 1. The van der Waals surface area contributed by atoms with E-state index in [2.05, 4.69) is 5.32 Å². The summed E-state index contributed by atoms with van der Waals surface area (Å²) in [5.74, 6) is -1.49. The molecule has 1 aliphatic heterocycles. The molecule has 1 rings (SSSR count). The molecule has 1 fully saturated rings. The van der Waals surface area contributed by atoms with Crippen molar-refractivity contribution in [3.63, 3.8) is 0 Å². The predicted molar refractivity (Wildman–Crippen MR) is 65.5 cm³/mol. The second kappa shape index (κ2) is 6.93. The van der Waals surface area contributed by atoms with E-state index in [9.17, 15) is 14.4 Å². The molecule has 0 aromatic carbocycles. The fraction of sp³-hybridized carbons (Fsp3) is 0.727. The van der Waals surface area contributed by atoms with Gasteiger partial charge in [0.1, 0.15) is 6.54 Å². The maximum Gasteiger partial charge on any atom is 0.328 e. The maximum absolute atomic E-state index is 11.8. The molecule has 0 radical (unpaired) electrons. The molecule has 3 amide bonds. The molecule has 1 saturated heterocycles. The third kappa shape index (κ3) is 4.40. The Morgan fingerprint density at radius 1 is 1.32 bits per heavy atom. The van der Waals surface area contributed by atoms with Gasteiger partial charge in [-0.25, -0.2) is 9.59 Å². The SMILES string of the molecule is CN(CC(=O)N1CCCC1)C(=O)NC(CO)C(=O)O. The van der Waals surface area contributed by atoms with Gasteiger partial charge in [-0.05, 0) is 12.8 Å². The van der Waals surface area contributed by atoms with Gasteiger partial charge in [0.25, 0.3) is 0 Å². The number of nitrogens with one attached hydrogen (secondary N) is 1. The van der Waals surface area contributed by atoms with E-state index < -0.39 is 24.6 Å². The van der Waals surface area contributed by atoms with Gasteiger partial charge in [0.15, 0.2) is 6.04 Å². The van der Waals surface area contributed by atoms with Crippen molar-refractivity contribution in [2.45, 2.75) is 18.9 Å². The fourth-order valence-corrected chi connectivity index (χ4v) is 1.79. The van der Waals surface area contributed by atoms with Crippen LogP contribution in [-0.4, -0.2) is 77.3 Å². The zero-order valence-corrected chi connectivity index (χ0v) is 10.8. The van der Waals surface area contributed by atoms with E-state index >= 15 is 0 Å². The summed E-state index contributed by atoms with van der Waals surface area (Å²) in [6.45, 7) is 0.587. The average Bonchev–Trinajstić information content (AvgIpc) is 2.88. The predicted octanol–water partition coefficient (Wildman–Crippen LogP) is -1.30. The van der Waals surface area contributed by atoms with Gasteiger partial charge in [-0.15, -0.1) is 0 Å². The highest BCUT2D eigenvalue weighted by Gasteiger charge is 2.24. The molecule has 0 bridgehead atoms. The van der Waals surface area contributed by atoms with Crippen molar-refractivity contribution in [1.29, 1.82) is 0 Å². The lowest BCUT2D eigenvalue weighted by Gasteiger charge is -2.23. The number of hydrogen-bond donors (Lipinski definition) is 3. The van der Waals surface area contributed by atoms with Gasteiger partial charge in [0.05, 0.1) is 6.61 Å². The molecule has 0 saturated carbocycles. The number of amides is 3. The molecular formula is C11H19N3O5. The summed E-state index contributed by atoms with van der Waals surface area (Å²) in [6, 6.07) is -2.06. The zero-order valence-electron chi connectivity index (χ0n) is 10.8. The number of aliphatic hydroxyl groups excluding tert-OH is 1. The van der Waals surface area contributed by atoms with Crippen molar-refractivity contribution in [1.82, 2.24) is 15.1 Å². The first-order valence-electron chi connectivity index (χ1n) is 6.08. The maximum atomic E-state index is 11.8. The van der Waals surface area contributed by atoms with E-state index in [1.165, 1.54) is 7.05 Å². The normalized spacial score (nSPS) is 16.0. The minimum Gasteiger partial charge on any atom is -0.480 e. The van der Waals surface area contributed by atoms with Crippen LogP contribution >= 0.6 is 0 Å². The Morgan fingerprint density at radius 3 is 2.37 bits per heavy atom. The van der Waals surface area contributed by atoms with Crippen LogP contribution in [0.1, 0.15) is 12.8 Å². The van der Waals surface area contributed by atoms with E-state index in [0.717, 1.165) is 17.7 Å². The number of aliphatic carboxylic acids is 1. The van der Waals surface area contributed by atoms with Gasteiger partial charge in [0, 0.05) is 20.1 Å². The highest BCUT2D eigenvalue weighted by Crippen LogP contribution is 2.07. The van der Waals surface area contributed by atoms with Gasteiger partial charge in [-0.3, -0.25) is 4.79 Å². The Kier molecular flexibility index (Phi) is 5.56. The highest BCUT2D eigenvalue weighted by atomic mass is 16.4. The summed E-state index contributed by atoms with van der Waals surface area (Å²) >= 11 is 0. The molecule has 0 aromatic rings. The smallest absolute Gasteiger partial charge is 0.328 e. The number of carboxylic acids is 1. The van der Waals surface area contributed by atoms with Crippen LogP contribution in [0.2, 0.25) is 0 Å². The Labute approximate surface area is 111 Å². The van der Waals surface area contributed by atoms with Gasteiger partial charge < -0.3 is 25.3 Å². The van der Waals surface area contributed by atoms with Crippen LogP contribution < -0.4 is 5.32 Å².